The number of esters is 1. The molecule has 6 nitrogen and oxygen atoms in total. The van der Waals surface area contributed by atoms with Crippen molar-refractivity contribution >= 4 is 29.2 Å². The second-order valence-electron chi connectivity index (χ2n) is 7.01. The van der Waals surface area contributed by atoms with E-state index in [1.165, 1.54) is 0 Å². The molecular formula is C23H19ClN4O2. The van der Waals surface area contributed by atoms with Gasteiger partial charge in [-0.15, -0.1) is 10.2 Å². The molecule has 150 valence electrons. The Kier molecular flexibility index (Phi) is 5.92. The Hall–Kier alpha value is -3.43. The third-order valence-electron chi connectivity index (χ3n) is 4.97. The summed E-state index contributed by atoms with van der Waals surface area (Å²) in [7, 11) is 0. The SMILES string of the molecule is N#C/C(=C/c1ccc(OC(=O)c2ccccc2Cl)cc1)c1nnc2n1CCCCC2. The van der Waals surface area contributed by atoms with Crippen LogP contribution in [0.4, 0.5) is 0 Å². The predicted molar refractivity (Wildman–Crippen MR) is 114 cm³/mol. The minimum Gasteiger partial charge on any atom is -0.423 e. The lowest BCUT2D eigenvalue weighted by Crippen LogP contribution is -2.08. The van der Waals surface area contributed by atoms with Gasteiger partial charge in [-0.1, -0.05) is 42.3 Å². The molecule has 1 aromatic heterocycles. The van der Waals surface area contributed by atoms with Crippen molar-refractivity contribution in [1.29, 1.82) is 5.26 Å². The smallest absolute Gasteiger partial charge is 0.345 e. The van der Waals surface area contributed by atoms with Crippen molar-refractivity contribution in [3.63, 3.8) is 0 Å². The first kappa shape index (κ1) is 19.9. The number of carbonyl (C=O) groups excluding carboxylic acids is 1. The average molecular weight is 419 g/mol. The highest BCUT2D eigenvalue weighted by Gasteiger charge is 2.18. The van der Waals surface area contributed by atoms with Gasteiger partial charge in [0, 0.05) is 13.0 Å². The fourth-order valence-electron chi connectivity index (χ4n) is 3.42. The van der Waals surface area contributed by atoms with Gasteiger partial charge in [0.15, 0.2) is 5.82 Å². The van der Waals surface area contributed by atoms with Gasteiger partial charge in [0.2, 0.25) is 0 Å². The van der Waals surface area contributed by atoms with Crippen LogP contribution >= 0.6 is 11.6 Å². The summed E-state index contributed by atoms with van der Waals surface area (Å²) in [5, 5.41) is 18.5. The number of rotatable bonds is 4. The van der Waals surface area contributed by atoms with Crippen LogP contribution in [0.3, 0.4) is 0 Å². The minimum atomic E-state index is -0.521. The molecule has 30 heavy (non-hydrogen) atoms. The second-order valence-corrected chi connectivity index (χ2v) is 7.42. The summed E-state index contributed by atoms with van der Waals surface area (Å²) in [6.07, 6.45) is 5.96. The highest BCUT2D eigenvalue weighted by atomic mass is 35.5. The van der Waals surface area contributed by atoms with E-state index in [0.717, 1.165) is 43.6 Å². The first-order valence-corrected chi connectivity index (χ1v) is 10.1. The van der Waals surface area contributed by atoms with E-state index < -0.39 is 5.97 Å². The number of carbonyl (C=O) groups is 1. The molecule has 1 aliphatic heterocycles. The number of hydrogen-bond donors (Lipinski definition) is 0. The Morgan fingerprint density at radius 3 is 2.67 bits per heavy atom. The van der Waals surface area contributed by atoms with Crippen molar-refractivity contribution in [2.45, 2.75) is 32.2 Å². The summed E-state index contributed by atoms with van der Waals surface area (Å²) in [6.45, 7) is 0.827. The van der Waals surface area contributed by atoms with Crippen molar-refractivity contribution < 1.29 is 9.53 Å². The average Bonchev–Trinajstić information content (AvgIpc) is 3.01. The Morgan fingerprint density at radius 1 is 1.10 bits per heavy atom. The Balaban J connectivity index is 1.53. The van der Waals surface area contributed by atoms with Crippen molar-refractivity contribution in [2.75, 3.05) is 0 Å². The highest BCUT2D eigenvalue weighted by molar-refractivity contribution is 6.33. The molecule has 0 bridgehead atoms. The molecule has 0 saturated heterocycles. The Bertz CT molecular complexity index is 1140. The van der Waals surface area contributed by atoms with Crippen LogP contribution in [0, 0.1) is 11.3 Å². The number of benzene rings is 2. The molecule has 0 spiro atoms. The molecule has 2 aromatic carbocycles. The van der Waals surface area contributed by atoms with E-state index in [1.807, 2.05) is 4.57 Å². The van der Waals surface area contributed by atoms with E-state index in [9.17, 15) is 10.1 Å². The van der Waals surface area contributed by atoms with E-state index in [4.69, 9.17) is 16.3 Å². The highest BCUT2D eigenvalue weighted by Crippen LogP contribution is 2.23. The number of nitrogens with zero attached hydrogens (tertiary/aromatic N) is 4. The molecular weight excluding hydrogens is 400 g/mol. The van der Waals surface area contributed by atoms with E-state index >= 15 is 0 Å². The monoisotopic (exact) mass is 418 g/mol. The van der Waals surface area contributed by atoms with Crippen molar-refractivity contribution in [3.8, 4) is 11.8 Å². The summed E-state index contributed by atoms with van der Waals surface area (Å²) in [6, 6.07) is 15.9. The van der Waals surface area contributed by atoms with Gasteiger partial charge in [-0.3, -0.25) is 0 Å². The standard InChI is InChI=1S/C23H19ClN4O2/c24-20-7-4-3-6-19(20)23(29)30-18-11-9-16(10-12-18)14-17(15-25)22-27-26-21-8-2-1-5-13-28(21)22/h3-4,6-7,9-12,14H,1-2,5,8,13H2/b17-14-. The quantitative estimate of drug-likeness (QED) is 0.340. The van der Waals surface area contributed by atoms with Crippen molar-refractivity contribution in [1.82, 2.24) is 14.8 Å². The zero-order chi connectivity index (χ0) is 20.9. The van der Waals surface area contributed by atoms with E-state index in [2.05, 4.69) is 16.3 Å². The lowest BCUT2D eigenvalue weighted by Gasteiger charge is -2.07. The molecule has 0 fully saturated rings. The van der Waals surface area contributed by atoms with Crippen LogP contribution < -0.4 is 4.74 Å². The topological polar surface area (TPSA) is 80.8 Å². The summed E-state index contributed by atoms with van der Waals surface area (Å²) in [4.78, 5) is 12.3. The van der Waals surface area contributed by atoms with Gasteiger partial charge in [0.05, 0.1) is 16.2 Å². The summed E-state index contributed by atoms with van der Waals surface area (Å²) < 4.78 is 7.44. The summed E-state index contributed by atoms with van der Waals surface area (Å²) in [5.41, 5.74) is 1.56. The van der Waals surface area contributed by atoms with E-state index in [0.29, 0.717) is 27.7 Å². The van der Waals surface area contributed by atoms with Gasteiger partial charge in [-0.05, 0) is 48.7 Å². The largest absolute Gasteiger partial charge is 0.423 e. The zero-order valence-electron chi connectivity index (χ0n) is 16.2. The number of fused-ring (bicyclic) bond motifs is 1. The lowest BCUT2D eigenvalue weighted by molar-refractivity contribution is 0.0735. The summed E-state index contributed by atoms with van der Waals surface area (Å²) >= 11 is 6.04. The number of aromatic nitrogens is 3. The molecule has 0 amide bonds. The van der Waals surface area contributed by atoms with Crippen LogP contribution in [0.5, 0.6) is 5.75 Å². The lowest BCUT2D eigenvalue weighted by atomic mass is 10.1. The third-order valence-corrected chi connectivity index (χ3v) is 5.30. The maximum atomic E-state index is 12.3. The van der Waals surface area contributed by atoms with E-state index in [-0.39, 0.29) is 0 Å². The molecule has 0 atom stereocenters. The van der Waals surface area contributed by atoms with Gasteiger partial charge in [-0.25, -0.2) is 4.79 Å². The first-order valence-electron chi connectivity index (χ1n) is 9.77. The van der Waals surface area contributed by atoms with Crippen LogP contribution in [0.1, 0.15) is 46.8 Å². The molecule has 7 heteroatoms. The number of allylic oxidation sites excluding steroid dienone is 1. The molecule has 0 radical (unpaired) electrons. The number of halogens is 1. The van der Waals surface area contributed by atoms with Gasteiger partial charge in [0.1, 0.15) is 17.6 Å². The van der Waals surface area contributed by atoms with Gasteiger partial charge in [0.25, 0.3) is 0 Å². The molecule has 0 aliphatic carbocycles. The van der Waals surface area contributed by atoms with Crippen LogP contribution in [0.2, 0.25) is 5.02 Å². The summed E-state index contributed by atoms with van der Waals surface area (Å²) in [5.74, 6) is 1.41. The fourth-order valence-corrected chi connectivity index (χ4v) is 3.63. The van der Waals surface area contributed by atoms with Crippen LogP contribution in [0.15, 0.2) is 48.5 Å². The van der Waals surface area contributed by atoms with Crippen molar-refractivity contribution in [2.24, 2.45) is 0 Å². The molecule has 1 aliphatic rings. The predicted octanol–water partition coefficient (Wildman–Crippen LogP) is 4.94. The van der Waals surface area contributed by atoms with Crippen LogP contribution in [0.25, 0.3) is 11.6 Å². The number of hydrogen-bond acceptors (Lipinski definition) is 5. The van der Waals surface area contributed by atoms with Crippen LogP contribution in [-0.2, 0) is 13.0 Å². The van der Waals surface area contributed by atoms with Gasteiger partial charge < -0.3 is 9.30 Å². The van der Waals surface area contributed by atoms with E-state index in [1.54, 1.807) is 54.6 Å². The van der Waals surface area contributed by atoms with Gasteiger partial charge in [-0.2, -0.15) is 5.26 Å². The number of aryl methyl sites for hydroxylation is 1. The number of ether oxygens (including phenoxy) is 1. The minimum absolute atomic E-state index is 0.308. The third kappa shape index (κ3) is 4.27. The maximum absolute atomic E-state index is 12.3. The molecule has 0 saturated carbocycles. The molecule has 2 heterocycles. The fraction of sp³-hybridized carbons (Fsp3) is 0.217. The Labute approximate surface area is 179 Å². The second kappa shape index (κ2) is 8.93. The molecule has 4 rings (SSSR count). The Morgan fingerprint density at radius 2 is 1.90 bits per heavy atom. The number of nitriles is 1. The first-order chi connectivity index (χ1) is 14.7. The zero-order valence-corrected chi connectivity index (χ0v) is 17.0. The molecule has 0 unspecified atom stereocenters. The van der Waals surface area contributed by atoms with Crippen molar-refractivity contribution in [3.05, 3.63) is 76.3 Å². The molecule has 3 aromatic rings. The van der Waals surface area contributed by atoms with Gasteiger partial charge >= 0.3 is 5.97 Å². The normalized spacial score (nSPS) is 13.8. The maximum Gasteiger partial charge on any atom is 0.345 e. The molecule has 0 N–H and O–H groups in total. The van der Waals surface area contributed by atoms with Crippen LogP contribution in [-0.4, -0.2) is 20.7 Å².